The molecule has 3 unspecified atom stereocenters. The van der Waals surface area contributed by atoms with Crippen molar-refractivity contribution in [1.29, 1.82) is 0 Å². The van der Waals surface area contributed by atoms with Crippen LogP contribution >= 0.6 is 0 Å². The molecule has 0 radical (unpaired) electrons. The zero-order valence-electron chi connectivity index (χ0n) is 15.0. The van der Waals surface area contributed by atoms with E-state index in [9.17, 15) is 0 Å². The highest BCUT2D eigenvalue weighted by Crippen LogP contribution is 2.58. The van der Waals surface area contributed by atoms with E-state index in [0.717, 1.165) is 5.92 Å². The number of hydrogen-bond acceptors (Lipinski definition) is 1. The van der Waals surface area contributed by atoms with E-state index in [-0.39, 0.29) is 0 Å². The predicted molar refractivity (Wildman–Crippen MR) is 100 cm³/mol. The third kappa shape index (κ3) is 1.87. The second-order valence-corrected chi connectivity index (χ2v) is 8.20. The Hall–Kier alpha value is -2.02. The van der Waals surface area contributed by atoms with Crippen LogP contribution in [0, 0.1) is 13.8 Å². The summed E-state index contributed by atoms with van der Waals surface area (Å²) in [6.45, 7) is 9.12. The largest absolute Gasteiger partial charge is 0.363 e. The first-order valence-electron chi connectivity index (χ1n) is 9.25. The summed E-state index contributed by atoms with van der Waals surface area (Å²) in [6, 6.07) is 13.0. The molecule has 0 amide bonds. The van der Waals surface area contributed by atoms with E-state index in [1.807, 2.05) is 0 Å². The summed E-state index contributed by atoms with van der Waals surface area (Å²) in [4.78, 5) is 2.64. The van der Waals surface area contributed by atoms with Gasteiger partial charge in [0.2, 0.25) is 0 Å². The van der Waals surface area contributed by atoms with E-state index in [1.165, 1.54) is 34.2 Å². The first kappa shape index (κ1) is 14.3. The van der Waals surface area contributed by atoms with Crippen LogP contribution in [0.15, 0.2) is 36.5 Å². The molecule has 1 aliphatic carbocycles. The molecule has 3 aliphatic rings. The van der Waals surface area contributed by atoms with Crippen LogP contribution < -0.4 is 0 Å². The van der Waals surface area contributed by atoms with E-state index in [2.05, 4.69) is 75.2 Å². The van der Waals surface area contributed by atoms with Crippen LogP contribution in [0.4, 0.5) is 0 Å². The van der Waals surface area contributed by atoms with E-state index in [0.29, 0.717) is 18.0 Å². The predicted octanol–water partition coefficient (Wildman–Crippen LogP) is 5.67. The molecular formula is C23H25N. The van der Waals surface area contributed by atoms with Gasteiger partial charge in [0.05, 0.1) is 6.04 Å². The van der Waals surface area contributed by atoms with Gasteiger partial charge in [-0.3, -0.25) is 0 Å². The lowest BCUT2D eigenvalue weighted by atomic mass is 9.81. The Bertz CT molecular complexity index is 874. The van der Waals surface area contributed by atoms with Crippen molar-refractivity contribution >= 4 is 6.08 Å². The molecule has 0 N–H and O–H groups in total. The van der Waals surface area contributed by atoms with Gasteiger partial charge in [-0.1, -0.05) is 49.7 Å². The molecule has 0 saturated heterocycles. The van der Waals surface area contributed by atoms with E-state index in [1.54, 1.807) is 11.1 Å². The van der Waals surface area contributed by atoms with Crippen molar-refractivity contribution in [1.82, 2.24) is 4.90 Å². The fourth-order valence-corrected chi connectivity index (χ4v) is 4.95. The number of aryl methyl sites for hydroxylation is 2. The highest BCUT2D eigenvalue weighted by molar-refractivity contribution is 5.63. The average Bonchev–Trinajstić information content (AvgIpc) is 3.33. The van der Waals surface area contributed by atoms with Gasteiger partial charge < -0.3 is 4.90 Å². The third-order valence-electron chi connectivity index (χ3n) is 6.16. The summed E-state index contributed by atoms with van der Waals surface area (Å²) >= 11 is 0. The van der Waals surface area contributed by atoms with Crippen molar-refractivity contribution in [3.8, 4) is 0 Å². The van der Waals surface area contributed by atoms with Gasteiger partial charge >= 0.3 is 0 Å². The maximum Gasteiger partial charge on any atom is 0.0802 e. The van der Waals surface area contributed by atoms with Gasteiger partial charge in [0.25, 0.3) is 0 Å². The molecule has 1 heteroatoms. The highest BCUT2D eigenvalue weighted by atomic mass is 15.2. The van der Waals surface area contributed by atoms with Gasteiger partial charge in [-0.2, -0.15) is 0 Å². The molecule has 0 bridgehead atoms. The standard InChI is InChI=1S/C23H25N/c1-13(2)17-6-5-16-7-8-24-21-12-19(21)22-15(4)9-14(3)10-20(22)23(24)18(16)11-17/h5-11,13,19,21,23H,12H2,1-4H3. The van der Waals surface area contributed by atoms with E-state index < -0.39 is 0 Å². The number of nitrogens with zero attached hydrogens (tertiary/aromatic N) is 1. The number of rotatable bonds is 1. The molecule has 5 rings (SSSR count). The van der Waals surface area contributed by atoms with Crippen molar-refractivity contribution in [2.24, 2.45) is 0 Å². The molecule has 122 valence electrons. The topological polar surface area (TPSA) is 3.24 Å². The summed E-state index contributed by atoms with van der Waals surface area (Å²) < 4.78 is 0. The van der Waals surface area contributed by atoms with E-state index >= 15 is 0 Å². The van der Waals surface area contributed by atoms with Gasteiger partial charge in [-0.05, 0) is 65.6 Å². The molecule has 2 aliphatic heterocycles. The number of fused-ring (bicyclic) bond motifs is 8. The molecule has 2 heterocycles. The van der Waals surface area contributed by atoms with Crippen molar-refractivity contribution < 1.29 is 0 Å². The third-order valence-corrected chi connectivity index (χ3v) is 6.16. The zero-order valence-corrected chi connectivity index (χ0v) is 15.0. The lowest BCUT2D eigenvalue weighted by Crippen LogP contribution is -2.34. The second kappa shape index (κ2) is 4.75. The summed E-state index contributed by atoms with van der Waals surface area (Å²) in [5, 5.41) is 0. The van der Waals surface area contributed by atoms with Crippen LogP contribution in [0.25, 0.3) is 6.08 Å². The molecule has 2 aromatic carbocycles. The molecule has 2 aromatic rings. The average molecular weight is 315 g/mol. The van der Waals surface area contributed by atoms with Gasteiger partial charge in [0.1, 0.15) is 0 Å². The first-order chi connectivity index (χ1) is 11.5. The monoisotopic (exact) mass is 315 g/mol. The Balaban J connectivity index is 1.76. The minimum absolute atomic E-state index is 0.404. The summed E-state index contributed by atoms with van der Waals surface area (Å²) in [5.74, 6) is 1.32. The van der Waals surface area contributed by atoms with Crippen LogP contribution in [-0.4, -0.2) is 10.9 Å². The van der Waals surface area contributed by atoms with Crippen molar-refractivity contribution in [2.45, 2.75) is 58.0 Å². The molecule has 1 saturated carbocycles. The van der Waals surface area contributed by atoms with Crippen LogP contribution in [0.3, 0.4) is 0 Å². The van der Waals surface area contributed by atoms with Crippen molar-refractivity contribution in [3.63, 3.8) is 0 Å². The van der Waals surface area contributed by atoms with Crippen LogP contribution in [0.5, 0.6) is 0 Å². The number of benzene rings is 2. The maximum absolute atomic E-state index is 2.64. The van der Waals surface area contributed by atoms with Crippen LogP contribution in [0.2, 0.25) is 0 Å². The Morgan fingerprint density at radius 2 is 1.88 bits per heavy atom. The lowest BCUT2D eigenvalue weighted by Gasteiger charge is -2.41. The molecular weight excluding hydrogens is 290 g/mol. The molecule has 0 aromatic heterocycles. The van der Waals surface area contributed by atoms with Crippen LogP contribution in [-0.2, 0) is 0 Å². The second-order valence-electron chi connectivity index (χ2n) is 8.20. The normalized spacial score (nSPS) is 25.9. The van der Waals surface area contributed by atoms with Crippen molar-refractivity contribution in [3.05, 3.63) is 75.5 Å². The SMILES string of the molecule is Cc1cc(C)c2c(c1)C1c3cc(C(C)C)ccc3C=CN1C1CC21. The fraction of sp³-hybridized carbons (Fsp3) is 0.391. The smallest absolute Gasteiger partial charge is 0.0802 e. The number of hydrogen-bond donors (Lipinski definition) is 0. The summed E-state index contributed by atoms with van der Waals surface area (Å²) in [7, 11) is 0. The first-order valence-corrected chi connectivity index (χ1v) is 9.25. The van der Waals surface area contributed by atoms with Gasteiger partial charge in [0, 0.05) is 18.2 Å². The maximum atomic E-state index is 2.64. The van der Waals surface area contributed by atoms with E-state index in [4.69, 9.17) is 0 Å². The summed E-state index contributed by atoms with van der Waals surface area (Å²) in [6.07, 6.45) is 5.99. The Labute approximate surface area is 145 Å². The Morgan fingerprint density at radius 1 is 1.04 bits per heavy atom. The zero-order chi connectivity index (χ0) is 16.6. The van der Waals surface area contributed by atoms with Gasteiger partial charge in [-0.25, -0.2) is 0 Å². The highest BCUT2D eigenvalue weighted by Gasteiger charge is 2.51. The van der Waals surface area contributed by atoms with Crippen LogP contribution in [0.1, 0.15) is 77.1 Å². The molecule has 0 spiro atoms. The van der Waals surface area contributed by atoms with Crippen molar-refractivity contribution in [2.75, 3.05) is 0 Å². The molecule has 3 atom stereocenters. The Morgan fingerprint density at radius 3 is 2.67 bits per heavy atom. The minimum atomic E-state index is 0.404. The molecule has 1 nitrogen and oxygen atoms in total. The molecule has 24 heavy (non-hydrogen) atoms. The van der Waals surface area contributed by atoms with Gasteiger partial charge in [-0.15, -0.1) is 0 Å². The molecule has 1 fully saturated rings. The lowest BCUT2D eigenvalue weighted by molar-refractivity contribution is 0.284. The Kier molecular flexibility index (Phi) is 2.84. The minimum Gasteiger partial charge on any atom is -0.363 e. The fourth-order valence-electron chi connectivity index (χ4n) is 4.95. The quantitative estimate of drug-likeness (QED) is 0.655. The summed E-state index contributed by atoms with van der Waals surface area (Å²) in [5.41, 5.74) is 10.4. The van der Waals surface area contributed by atoms with Gasteiger partial charge in [0.15, 0.2) is 0 Å².